The number of rotatable bonds is 6. The van der Waals surface area contributed by atoms with Crippen LogP contribution in [0.15, 0.2) is 58.0 Å². The molecule has 3 heterocycles. The number of aliphatic imine (C=N–C) groups is 1. The molecule has 1 amide bonds. The lowest BCUT2D eigenvalue weighted by Crippen LogP contribution is -2.38. The molecule has 1 aliphatic heterocycles. The molecule has 182 valence electrons. The van der Waals surface area contributed by atoms with Crippen molar-refractivity contribution in [2.24, 2.45) is 12.0 Å². The van der Waals surface area contributed by atoms with Crippen molar-refractivity contribution < 1.29 is 13.9 Å². The number of anilines is 1. The summed E-state index contributed by atoms with van der Waals surface area (Å²) in [6, 6.07) is 8.89. The minimum atomic E-state index is -1.32. The number of hydrogen-bond acceptors (Lipinski definition) is 7. The molecule has 2 aromatic heterocycles. The van der Waals surface area contributed by atoms with Crippen LogP contribution in [-0.4, -0.2) is 38.3 Å². The van der Waals surface area contributed by atoms with Crippen molar-refractivity contribution in [3.8, 4) is 17.0 Å². The zero-order valence-electron chi connectivity index (χ0n) is 20.2. The summed E-state index contributed by atoms with van der Waals surface area (Å²) in [4.78, 5) is 37.1. The molecule has 1 unspecified atom stereocenters. The summed E-state index contributed by atoms with van der Waals surface area (Å²) in [5.41, 5.74) is 0.00527. The Hall–Kier alpha value is -4.08. The van der Waals surface area contributed by atoms with Crippen LogP contribution < -0.4 is 20.9 Å². The summed E-state index contributed by atoms with van der Waals surface area (Å²) in [7, 11) is 1.66. The molecule has 0 bridgehead atoms. The van der Waals surface area contributed by atoms with Crippen LogP contribution in [0, 0.1) is 0 Å². The lowest BCUT2D eigenvalue weighted by molar-refractivity contribution is -0.118. The predicted molar refractivity (Wildman–Crippen MR) is 133 cm³/mol. The molecule has 0 radical (unpaired) electrons. The maximum absolute atomic E-state index is 15.0. The third kappa shape index (κ3) is 4.91. The molecule has 0 aliphatic carbocycles. The van der Waals surface area contributed by atoms with E-state index in [0.29, 0.717) is 28.5 Å². The van der Waals surface area contributed by atoms with Crippen molar-refractivity contribution in [2.45, 2.75) is 45.8 Å². The molecule has 1 atom stereocenters. The summed E-state index contributed by atoms with van der Waals surface area (Å²) < 4.78 is 22.5. The first-order valence-electron chi connectivity index (χ1n) is 11.2. The maximum Gasteiger partial charge on any atom is 0.264 e. The van der Waals surface area contributed by atoms with Gasteiger partial charge in [-0.2, -0.15) is 0 Å². The highest BCUT2D eigenvalue weighted by atomic mass is 19.1. The molecular formula is C25H27FN6O3. The fraction of sp³-hybridized carbons (Fsp3) is 0.320. The van der Waals surface area contributed by atoms with Crippen LogP contribution in [0.2, 0.25) is 0 Å². The number of amides is 1. The number of hydrogen-bond donors (Lipinski definition) is 2. The molecule has 0 saturated heterocycles. The Balaban J connectivity index is 1.63. The maximum atomic E-state index is 15.0. The van der Waals surface area contributed by atoms with E-state index in [1.807, 2.05) is 19.9 Å². The van der Waals surface area contributed by atoms with Crippen LogP contribution in [0.25, 0.3) is 22.2 Å². The van der Waals surface area contributed by atoms with Gasteiger partial charge in [-0.1, -0.05) is 6.07 Å². The summed E-state index contributed by atoms with van der Waals surface area (Å²) in [6.07, 6.45) is 3.24. The van der Waals surface area contributed by atoms with E-state index in [9.17, 15) is 9.59 Å². The molecule has 10 heteroatoms. The van der Waals surface area contributed by atoms with Crippen LogP contribution >= 0.6 is 0 Å². The van der Waals surface area contributed by atoms with E-state index < -0.39 is 17.3 Å². The van der Waals surface area contributed by atoms with Gasteiger partial charge in [-0.15, -0.1) is 0 Å². The molecule has 0 spiro atoms. The van der Waals surface area contributed by atoms with Gasteiger partial charge in [0.25, 0.3) is 5.56 Å². The summed E-state index contributed by atoms with van der Waals surface area (Å²) in [6.45, 7) is 6.83. The van der Waals surface area contributed by atoms with Gasteiger partial charge < -0.3 is 15.4 Å². The predicted octanol–water partition coefficient (Wildman–Crippen LogP) is 3.70. The number of carbonyl (C=O) groups excluding carboxylic acids is 1. The van der Waals surface area contributed by atoms with Gasteiger partial charge in [0, 0.05) is 44.2 Å². The van der Waals surface area contributed by atoms with Gasteiger partial charge in [0.05, 0.1) is 16.8 Å². The fourth-order valence-corrected chi connectivity index (χ4v) is 3.74. The summed E-state index contributed by atoms with van der Waals surface area (Å²) in [5, 5.41) is 6.28. The van der Waals surface area contributed by atoms with Crippen molar-refractivity contribution in [2.75, 3.05) is 5.32 Å². The van der Waals surface area contributed by atoms with Crippen molar-refractivity contribution in [1.82, 2.24) is 19.9 Å². The Kier molecular flexibility index (Phi) is 6.38. The number of nitrogens with zero attached hydrogens (tertiary/aromatic N) is 4. The number of aromatic nitrogens is 3. The van der Waals surface area contributed by atoms with Crippen LogP contribution in [-0.2, 0) is 11.8 Å². The average molecular weight is 479 g/mol. The molecule has 0 saturated carbocycles. The monoisotopic (exact) mass is 478 g/mol. The highest BCUT2D eigenvalue weighted by Crippen LogP contribution is 2.34. The SMILES string of the molecule is CC(=O)NC1=C(F)C(C)(Oc2ccc3nc(-c4cnc(NC(C)C)n(C)c4=O)ccc3c2)CC=N1. The van der Waals surface area contributed by atoms with Gasteiger partial charge in [-0.05, 0) is 45.0 Å². The van der Waals surface area contributed by atoms with E-state index >= 15 is 4.39 Å². The number of halogens is 1. The molecule has 0 fully saturated rings. The molecule has 9 nitrogen and oxygen atoms in total. The first-order chi connectivity index (χ1) is 16.6. The molecular weight excluding hydrogens is 451 g/mol. The second kappa shape index (κ2) is 9.28. The van der Waals surface area contributed by atoms with E-state index in [4.69, 9.17) is 4.74 Å². The van der Waals surface area contributed by atoms with Gasteiger partial charge >= 0.3 is 0 Å². The third-order valence-corrected chi connectivity index (χ3v) is 5.53. The number of fused-ring (bicyclic) bond motifs is 1. The number of nitrogens with one attached hydrogen (secondary N) is 2. The van der Waals surface area contributed by atoms with Crippen molar-refractivity contribution in [3.05, 3.63) is 58.5 Å². The van der Waals surface area contributed by atoms with Crippen LogP contribution in [0.3, 0.4) is 0 Å². The van der Waals surface area contributed by atoms with Crippen molar-refractivity contribution >= 4 is 29.0 Å². The quantitative estimate of drug-likeness (QED) is 0.559. The summed E-state index contributed by atoms with van der Waals surface area (Å²) in [5.74, 6) is -0.296. The first-order valence-corrected chi connectivity index (χ1v) is 11.2. The van der Waals surface area contributed by atoms with Gasteiger partial charge in [-0.25, -0.2) is 19.4 Å². The van der Waals surface area contributed by atoms with E-state index in [0.717, 1.165) is 5.39 Å². The first kappa shape index (κ1) is 24.1. The van der Waals surface area contributed by atoms with E-state index in [1.165, 1.54) is 23.9 Å². The van der Waals surface area contributed by atoms with Crippen LogP contribution in [0.1, 0.15) is 34.1 Å². The van der Waals surface area contributed by atoms with E-state index in [1.54, 1.807) is 38.2 Å². The Labute approximate surface area is 201 Å². The van der Waals surface area contributed by atoms with Crippen LogP contribution in [0.4, 0.5) is 10.3 Å². The van der Waals surface area contributed by atoms with Gasteiger partial charge in [0.15, 0.2) is 17.2 Å². The zero-order chi connectivity index (χ0) is 25.3. The minimum Gasteiger partial charge on any atom is -0.480 e. The number of pyridine rings is 1. The second-order valence-corrected chi connectivity index (χ2v) is 8.90. The lowest BCUT2D eigenvalue weighted by Gasteiger charge is -2.31. The summed E-state index contributed by atoms with van der Waals surface area (Å²) >= 11 is 0. The molecule has 1 aliphatic rings. The highest BCUT2D eigenvalue weighted by Gasteiger charge is 2.37. The highest BCUT2D eigenvalue weighted by molar-refractivity contribution is 5.83. The molecule has 3 aromatic rings. The fourth-order valence-electron chi connectivity index (χ4n) is 3.74. The Morgan fingerprint density at radius 3 is 2.74 bits per heavy atom. The molecule has 2 N–H and O–H groups in total. The third-order valence-electron chi connectivity index (χ3n) is 5.53. The number of ether oxygens (including phenoxy) is 1. The topological polar surface area (TPSA) is 110 Å². The molecule has 1 aromatic carbocycles. The Morgan fingerprint density at radius 2 is 2.03 bits per heavy atom. The number of benzene rings is 1. The smallest absolute Gasteiger partial charge is 0.264 e. The second-order valence-electron chi connectivity index (χ2n) is 8.90. The average Bonchev–Trinajstić information content (AvgIpc) is 2.79. The van der Waals surface area contributed by atoms with E-state index in [-0.39, 0.29) is 23.8 Å². The van der Waals surface area contributed by atoms with Crippen molar-refractivity contribution in [1.29, 1.82) is 0 Å². The van der Waals surface area contributed by atoms with Gasteiger partial charge in [-0.3, -0.25) is 14.2 Å². The van der Waals surface area contributed by atoms with E-state index in [2.05, 4.69) is 25.6 Å². The largest absolute Gasteiger partial charge is 0.480 e. The standard InChI is InChI=1S/C25H27FN6O3/c1-14(2)29-24-28-13-18(23(34)32(24)5)20-8-6-16-12-17(7-9-19(16)31-20)35-25(4)10-11-27-22(21(25)26)30-15(3)33/h6-9,11-14H,10H2,1-5H3,(H,28,29)(H,30,33). The van der Waals surface area contributed by atoms with Gasteiger partial charge in [0.2, 0.25) is 11.9 Å². The Morgan fingerprint density at radius 1 is 1.26 bits per heavy atom. The number of carbonyl (C=O) groups is 1. The molecule has 35 heavy (non-hydrogen) atoms. The van der Waals surface area contributed by atoms with Gasteiger partial charge in [0.1, 0.15) is 5.75 Å². The normalized spacial score (nSPS) is 17.7. The lowest BCUT2D eigenvalue weighted by atomic mass is 9.98. The minimum absolute atomic E-state index is 0.137. The molecule has 4 rings (SSSR count). The van der Waals surface area contributed by atoms with Crippen LogP contribution in [0.5, 0.6) is 5.75 Å². The Bertz CT molecular complexity index is 1430. The zero-order valence-corrected chi connectivity index (χ0v) is 20.2. The van der Waals surface area contributed by atoms with Crippen molar-refractivity contribution in [3.63, 3.8) is 0 Å².